The van der Waals surface area contributed by atoms with Crippen LogP contribution in [-0.4, -0.2) is 37.5 Å². The van der Waals surface area contributed by atoms with Crippen LogP contribution in [0.25, 0.3) is 0 Å². The number of likely N-dealkylation sites (tertiary alicyclic amines) is 1. The summed E-state index contributed by atoms with van der Waals surface area (Å²) in [6.07, 6.45) is 1.07. The van der Waals surface area contributed by atoms with E-state index in [0.717, 1.165) is 31.6 Å². The fourth-order valence-corrected chi connectivity index (χ4v) is 3.32. The second-order valence-corrected chi connectivity index (χ2v) is 6.48. The highest BCUT2D eigenvalue weighted by Gasteiger charge is 2.37. The van der Waals surface area contributed by atoms with Gasteiger partial charge in [0.15, 0.2) is 0 Å². The van der Waals surface area contributed by atoms with E-state index in [9.17, 15) is 4.79 Å². The number of rotatable bonds is 4. The predicted molar refractivity (Wildman–Crippen MR) is 83.1 cm³/mol. The van der Waals surface area contributed by atoms with E-state index in [0.29, 0.717) is 10.9 Å². The molecule has 1 aromatic carbocycles. The summed E-state index contributed by atoms with van der Waals surface area (Å²) in [6, 6.07) is 7.62. The van der Waals surface area contributed by atoms with E-state index in [2.05, 4.69) is 5.32 Å². The number of nitrogens with zero attached hydrogens (tertiary/aromatic N) is 1. The summed E-state index contributed by atoms with van der Waals surface area (Å²) in [7, 11) is 1.96. The average molecular weight is 295 g/mol. The molecule has 0 radical (unpaired) electrons. The Hall–Kier alpha value is -1.06. The first-order chi connectivity index (χ1) is 9.46. The van der Waals surface area contributed by atoms with E-state index in [1.54, 1.807) is 0 Å². The summed E-state index contributed by atoms with van der Waals surface area (Å²) >= 11 is 6.26. The van der Waals surface area contributed by atoms with Crippen LogP contribution in [0.5, 0.6) is 0 Å². The van der Waals surface area contributed by atoms with E-state index < -0.39 is 5.41 Å². The minimum atomic E-state index is -0.577. The minimum absolute atomic E-state index is 0.171. The summed E-state index contributed by atoms with van der Waals surface area (Å²) in [6.45, 7) is 6.58. The van der Waals surface area contributed by atoms with Crippen molar-refractivity contribution in [3.8, 4) is 0 Å². The van der Waals surface area contributed by atoms with Crippen molar-refractivity contribution in [3.05, 3.63) is 34.9 Å². The van der Waals surface area contributed by atoms with Gasteiger partial charge < -0.3 is 10.2 Å². The van der Waals surface area contributed by atoms with Gasteiger partial charge in [-0.2, -0.15) is 0 Å². The van der Waals surface area contributed by atoms with Crippen LogP contribution in [0.1, 0.15) is 25.8 Å². The first-order valence-corrected chi connectivity index (χ1v) is 7.53. The molecule has 4 heteroatoms. The molecule has 0 aromatic heterocycles. The molecule has 1 aromatic rings. The number of halogens is 1. The molecule has 1 atom stereocenters. The monoisotopic (exact) mass is 294 g/mol. The van der Waals surface area contributed by atoms with Gasteiger partial charge in [-0.25, -0.2) is 0 Å². The Morgan fingerprint density at radius 1 is 1.45 bits per heavy atom. The molecule has 1 heterocycles. The van der Waals surface area contributed by atoms with Gasteiger partial charge in [-0.05, 0) is 51.4 Å². The third-order valence-electron chi connectivity index (χ3n) is 4.15. The highest BCUT2D eigenvalue weighted by atomic mass is 35.5. The number of hydrogen-bond donors (Lipinski definition) is 1. The lowest BCUT2D eigenvalue weighted by atomic mass is 9.83. The third-order valence-corrected chi connectivity index (χ3v) is 4.48. The molecule has 0 bridgehead atoms. The molecule has 1 amide bonds. The van der Waals surface area contributed by atoms with Gasteiger partial charge in [0.2, 0.25) is 5.91 Å². The summed E-state index contributed by atoms with van der Waals surface area (Å²) < 4.78 is 0. The van der Waals surface area contributed by atoms with Crippen LogP contribution >= 0.6 is 11.6 Å². The van der Waals surface area contributed by atoms with Gasteiger partial charge >= 0.3 is 0 Å². The highest BCUT2D eigenvalue weighted by Crippen LogP contribution is 2.33. The van der Waals surface area contributed by atoms with Crippen LogP contribution in [-0.2, 0) is 10.2 Å². The maximum Gasteiger partial charge on any atom is 0.232 e. The Labute approximate surface area is 126 Å². The Kier molecular flexibility index (Phi) is 4.71. The van der Waals surface area contributed by atoms with Crippen LogP contribution in [0.3, 0.4) is 0 Å². The second-order valence-electron chi connectivity index (χ2n) is 6.07. The summed E-state index contributed by atoms with van der Waals surface area (Å²) in [5, 5.41) is 3.85. The topological polar surface area (TPSA) is 32.3 Å². The predicted octanol–water partition coefficient (Wildman–Crippen LogP) is 2.69. The molecule has 20 heavy (non-hydrogen) atoms. The normalized spacial score (nSPS) is 19.4. The molecular formula is C16H23ClN2O. The number of carbonyl (C=O) groups is 1. The van der Waals surface area contributed by atoms with Gasteiger partial charge in [0, 0.05) is 18.1 Å². The summed E-state index contributed by atoms with van der Waals surface area (Å²) in [5.74, 6) is 0.732. The molecule has 1 saturated heterocycles. The van der Waals surface area contributed by atoms with Crippen molar-refractivity contribution < 1.29 is 4.79 Å². The van der Waals surface area contributed by atoms with Crippen molar-refractivity contribution in [1.82, 2.24) is 10.2 Å². The minimum Gasteiger partial charge on any atom is -0.342 e. The number of carbonyl (C=O) groups excluding carboxylic acids is 1. The van der Waals surface area contributed by atoms with Crippen molar-refractivity contribution in [2.45, 2.75) is 25.7 Å². The largest absolute Gasteiger partial charge is 0.342 e. The maximum atomic E-state index is 12.8. The van der Waals surface area contributed by atoms with E-state index in [1.807, 2.05) is 50.1 Å². The summed E-state index contributed by atoms with van der Waals surface area (Å²) in [4.78, 5) is 14.8. The quantitative estimate of drug-likeness (QED) is 0.926. The van der Waals surface area contributed by atoms with Crippen LogP contribution in [0.4, 0.5) is 0 Å². The lowest BCUT2D eigenvalue weighted by molar-refractivity contribution is -0.135. The second kappa shape index (κ2) is 6.15. The third kappa shape index (κ3) is 2.99. The maximum absolute atomic E-state index is 12.8. The van der Waals surface area contributed by atoms with Crippen molar-refractivity contribution >= 4 is 17.5 Å². The fourth-order valence-electron chi connectivity index (χ4n) is 2.95. The van der Waals surface area contributed by atoms with E-state index >= 15 is 0 Å². The summed E-state index contributed by atoms with van der Waals surface area (Å²) in [5.41, 5.74) is 0.330. The zero-order valence-corrected chi connectivity index (χ0v) is 13.2. The molecule has 3 nitrogen and oxygen atoms in total. The van der Waals surface area contributed by atoms with Crippen molar-refractivity contribution in [2.24, 2.45) is 5.92 Å². The van der Waals surface area contributed by atoms with Gasteiger partial charge in [0.1, 0.15) is 0 Å². The van der Waals surface area contributed by atoms with Gasteiger partial charge in [-0.15, -0.1) is 0 Å². The SMILES string of the molecule is CNCC1CCN(C(=O)C(C)(C)c2ccccc2Cl)C1. The molecule has 1 aliphatic heterocycles. The molecule has 1 N–H and O–H groups in total. The molecule has 2 rings (SSSR count). The highest BCUT2D eigenvalue weighted by molar-refractivity contribution is 6.31. The van der Waals surface area contributed by atoms with Gasteiger partial charge in [-0.1, -0.05) is 29.8 Å². The van der Waals surface area contributed by atoms with Crippen LogP contribution in [0, 0.1) is 5.92 Å². The lowest BCUT2D eigenvalue weighted by Gasteiger charge is -2.30. The lowest BCUT2D eigenvalue weighted by Crippen LogP contribution is -2.42. The molecular weight excluding hydrogens is 272 g/mol. The van der Waals surface area contributed by atoms with Crippen molar-refractivity contribution in [3.63, 3.8) is 0 Å². The van der Waals surface area contributed by atoms with Crippen LogP contribution in [0.15, 0.2) is 24.3 Å². The molecule has 0 saturated carbocycles. The van der Waals surface area contributed by atoms with Gasteiger partial charge in [0.25, 0.3) is 0 Å². The number of nitrogens with one attached hydrogen (secondary N) is 1. The van der Waals surface area contributed by atoms with Gasteiger partial charge in [-0.3, -0.25) is 4.79 Å². The Morgan fingerprint density at radius 3 is 2.80 bits per heavy atom. The van der Waals surface area contributed by atoms with Crippen molar-refractivity contribution in [1.29, 1.82) is 0 Å². The zero-order valence-electron chi connectivity index (χ0n) is 12.4. The van der Waals surface area contributed by atoms with E-state index in [1.165, 1.54) is 0 Å². The van der Waals surface area contributed by atoms with Crippen LogP contribution in [0.2, 0.25) is 5.02 Å². The van der Waals surface area contributed by atoms with E-state index in [4.69, 9.17) is 11.6 Å². The number of benzene rings is 1. The zero-order chi connectivity index (χ0) is 14.8. The molecule has 1 aliphatic rings. The molecule has 0 aliphatic carbocycles. The van der Waals surface area contributed by atoms with E-state index in [-0.39, 0.29) is 5.91 Å². The molecule has 1 unspecified atom stereocenters. The van der Waals surface area contributed by atoms with Crippen LogP contribution < -0.4 is 5.32 Å². The average Bonchev–Trinajstić information content (AvgIpc) is 2.87. The molecule has 1 fully saturated rings. The standard InChI is InChI=1S/C16H23ClN2O/c1-16(2,13-6-4-5-7-14(13)17)15(20)19-9-8-12(11-19)10-18-3/h4-7,12,18H,8-11H2,1-3H3. The van der Waals surface area contributed by atoms with Crippen molar-refractivity contribution in [2.75, 3.05) is 26.7 Å². The number of hydrogen-bond acceptors (Lipinski definition) is 2. The first-order valence-electron chi connectivity index (χ1n) is 7.15. The Balaban J connectivity index is 2.14. The Bertz CT molecular complexity index is 487. The Morgan fingerprint density at radius 2 is 2.15 bits per heavy atom. The molecule has 0 spiro atoms. The number of amides is 1. The molecule has 110 valence electrons. The fraction of sp³-hybridized carbons (Fsp3) is 0.562. The van der Waals surface area contributed by atoms with Gasteiger partial charge in [0.05, 0.1) is 5.41 Å². The first kappa shape index (κ1) is 15.3. The smallest absolute Gasteiger partial charge is 0.232 e.